The van der Waals surface area contributed by atoms with Crippen molar-refractivity contribution in [3.8, 4) is 23.3 Å². The molecule has 34 heavy (non-hydrogen) atoms. The summed E-state index contributed by atoms with van der Waals surface area (Å²) in [5.74, 6) is 0.481. The molecule has 2 N–H and O–H groups in total. The third-order valence-electron chi connectivity index (χ3n) is 5.77. The van der Waals surface area contributed by atoms with Crippen molar-refractivity contribution in [2.75, 3.05) is 14.2 Å². The lowest BCUT2D eigenvalue weighted by atomic mass is 9.84. The number of nitrogens with two attached hydrogens (primary N) is 1. The van der Waals surface area contributed by atoms with Crippen LogP contribution in [0.2, 0.25) is 10.0 Å². The van der Waals surface area contributed by atoms with Gasteiger partial charge in [0.2, 0.25) is 5.88 Å². The molecule has 0 saturated heterocycles. The number of aromatic nitrogens is 1. The summed E-state index contributed by atoms with van der Waals surface area (Å²) in [6.07, 6.45) is 0. The number of methoxy groups -OCH3 is 2. The highest BCUT2D eigenvalue weighted by atomic mass is 35.5. The lowest BCUT2D eigenvalue weighted by molar-refractivity contribution is 0.354. The number of hydrogen-bond donors (Lipinski definition) is 1. The third-order valence-corrected chi connectivity index (χ3v) is 6.36. The highest BCUT2D eigenvalue weighted by Gasteiger charge is 2.35. The average Bonchev–Trinajstić information content (AvgIpc) is 2.81. The topological polar surface area (TPSA) is 99.5 Å². The van der Waals surface area contributed by atoms with E-state index in [2.05, 4.69) is 6.07 Å². The van der Waals surface area contributed by atoms with Crippen LogP contribution in [0.1, 0.15) is 28.3 Å². The number of pyridine rings is 1. The first kappa shape index (κ1) is 23.6. The van der Waals surface area contributed by atoms with Gasteiger partial charge in [0.25, 0.3) is 5.56 Å². The molecule has 9 heteroatoms. The Bertz CT molecular complexity index is 1420. The van der Waals surface area contributed by atoms with Crippen LogP contribution in [0, 0.1) is 18.3 Å². The van der Waals surface area contributed by atoms with E-state index in [4.69, 9.17) is 43.1 Å². The maximum absolute atomic E-state index is 13.8. The normalized spacial score (nSPS) is 14.8. The van der Waals surface area contributed by atoms with Gasteiger partial charge in [-0.25, -0.2) is 0 Å². The zero-order valence-electron chi connectivity index (χ0n) is 18.7. The quantitative estimate of drug-likeness (QED) is 0.545. The fourth-order valence-corrected chi connectivity index (χ4v) is 4.54. The summed E-state index contributed by atoms with van der Waals surface area (Å²) in [4.78, 5) is 13.8. The molecule has 1 aromatic heterocycles. The zero-order valence-corrected chi connectivity index (χ0v) is 20.2. The van der Waals surface area contributed by atoms with E-state index in [-0.39, 0.29) is 23.6 Å². The Hall–Kier alpha value is -3.60. The predicted octanol–water partition coefficient (Wildman–Crippen LogP) is 4.75. The molecule has 0 spiro atoms. The Morgan fingerprint density at radius 3 is 2.50 bits per heavy atom. The summed E-state index contributed by atoms with van der Waals surface area (Å²) in [5.41, 5.74) is 8.22. The number of allylic oxidation sites excluding steroid dienone is 1. The van der Waals surface area contributed by atoms with Crippen LogP contribution in [0.25, 0.3) is 0 Å². The number of nitrogens with zero attached hydrogens (tertiary/aromatic N) is 2. The fraction of sp³-hybridized carbons (Fsp3) is 0.200. The lowest BCUT2D eigenvalue weighted by Gasteiger charge is -2.28. The summed E-state index contributed by atoms with van der Waals surface area (Å²) < 4.78 is 18.1. The van der Waals surface area contributed by atoms with Gasteiger partial charge in [-0.2, -0.15) is 5.26 Å². The van der Waals surface area contributed by atoms with Gasteiger partial charge in [-0.05, 0) is 42.3 Å². The summed E-state index contributed by atoms with van der Waals surface area (Å²) in [6, 6.07) is 14.2. The maximum atomic E-state index is 13.8. The maximum Gasteiger partial charge on any atom is 0.259 e. The van der Waals surface area contributed by atoms with Gasteiger partial charge in [0.15, 0.2) is 11.5 Å². The van der Waals surface area contributed by atoms with Crippen molar-refractivity contribution in [1.82, 2.24) is 4.57 Å². The SMILES string of the molecule is COc1ccc(C2C(C#N)=C(N)Oc3cc(C)n(Cc4ccc(Cl)cc4Cl)c(=O)c32)cc1OC. The predicted molar refractivity (Wildman–Crippen MR) is 130 cm³/mol. The smallest absolute Gasteiger partial charge is 0.259 e. The van der Waals surface area contributed by atoms with E-state index in [0.717, 1.165) is 5.56 Å². The van der Waals surface area contributed by atoms with Crippen molar-refractivity contribution >= 4 is 23.2 Å². The fourth-order valence-electron chi connectivity index (χ4n) is 4.07. The first-order chi connectivity index (χ1) is 16.3. The molecule has 7 nitrogen and oxygen atoms in total. The van der Waals surface area contributed by atoms with Crippen LogP contribution in [0.4, 0.5) is 0 Å². The van der Waals surface area contributed by atoms with E-state index in [1.54, 1.807) is 54.0 Å². The van der Waals surface area contributed by atoms with Crippen molar-refractivity contribution in [2.24, 2.45) is 5.73 Å². The van der Waals surface area contributed by atoms with Gasteiger partial charge in [-0.1, -0.05) is 35.3 Å². The van der Waals surface area contributed by atoms with Crippen molar-refractivity contribution in [3.05, 3.63) is 96.7 Å². The van der Waals surface area contributed by atoms with E-state index in [1.165, 1.54) is 14.2 Å². The number of fused-ring (bicyclic) bond motifs is 1. The molecular formula is C25H21Cl2N3O4. The average molecular weight is 498 g/mol. The van der Waals surface area contributed by atoms with Crippen molar-refractivity contribution < 1.29 is 14.2 Å². The molecule has 0 aliphatic carbocycles. The molecule has 174 valence electrons. The van der Waals surface area contributed by atoms with Crippen LogP contribution < -0.4 is 25.5 Å². The Morgan fingerprint density at radius 1 is 1.12 bits per heavy atom. The second kappa shape index (κ2) is 9.34. The van der Waals surface area contributed by atoms with Crippen LogP contribution >= 0.6 is 23.2 Å². The van der Waals surface area contributed by atoms with Crippen LogP contribution in [0.5, 0.6) is 17.2 Å². The van der Waals surface area contributed by atoms with Gasteiger partial charge in [-0.3, -0.25) is 4.79 Å². The molecule has 4 rings (SSSR count). The lowest BCUT2D eigenvalue weighted by Crippen LogP contribution is -2.33. The molecule has 1 aliphatic rings. The number of rotatable bonds is 5. The Labute approximate surface area is 206 Å². The molecule has 0 saturated carbocycles. The first-order valence-electron chi connectivity index (χ1n) is 10.3. The molecule has 2 aromatic carbocycles. The largest absolute Gasteiger partial charge is 0.493 e. The van der Waals surface area contributed by atoms with Gasteiger partial charge in [0, 0.05) is 21.8 Å². The number of ether oxygens (including phenoxy) is 3. The molecule has 0 bridgehead atoms. The molecule has 0 fully saturated rings. The van der Waals surface area contributed by atoms with E-state index in [0.29, 0.717) is 44.1 Å². The summed E-state index contributed by atoms with van der Waals surface area (Å²) in [5, 5.41) is 10.8. The van der Waals surface area contributed by atoms with Crippen molar-refractivity contribution in [3.63, 3.8) is 0 Å². The van der Waals surface area contributed by atoms with Crippen molar-refractivity contribution in [2.45, 2.75) is 19.4 Å². The van der Waals surface area contributed by atoms with E-state index < -0.39 is 5.92 Å². The molecule has 0 radical (unpaired) electrons. The van der Waals surface area contributed by atoms with E-state index in [9.17, 15) is 10.1 Å². The van der Waals surface area contributed by atoms with Gasteiger partial charge in [0.05, 0.1) is 32.2 Å². The summed E-state index contributed by atoms with van der Waals surface area (Å²) >= 11 is 12.4. The van der Waals surface area contributed by atoms with Crippen LogP contribution in [0.3, 0.4) is 0 Å². The van der Waals surface area contributed by atoms with Crippen LogP contribution in [-0.2, 0) is 6.54 Å². The Kier molecular flexibility index (Phi) is 6.47. The molecule has 2 heterocycles. The molecule has 1 aliphatic heterocycles. The standard InChI is InChI=1S/C25H21Cl2N3O4/c1-13-8-21-23(25(31)30(13)12-15-4-6-16(26)10-18(15)27)22(17(11-28)24(29)34-21)14-5-7-19(32-2)20(9-14)33-3/h4-10,22H,12,29H2,1-3H3. The van der Waals surface area contributed by atoms with E-state index >= 15 is 0 Å². The molecule has 0 amide bonds. The molecule has 3 aromatic rings. The van der Waals surface area contributed by atoms with E-state index in [1.807, 2.05) is 0 Å². The van der Waals surface area contributed by atoms with Gasteiger partial charge in [0.1, 0.15) is 17.4 Å². The third kappa shape index (κ3) is 4.07. The van der Waals surface area contributed by atoms with Gasteiger partial charge >= 0.3 is 0 Å². The second-order valence-corrected chi connectivity index (χ2v) is 8.57. The van der Waals surface area contributed by atoms with Crippen LogP contribution in [0.15, 0.2) is 58.7 Å². The highest BCUT2D eigenvalue weighted by molar-refractivity contribution is 6.35. The zero-order chi connectivity index (χ0) is 24.6. The summed E-state index contributed by atoms with van der Waals surface area (Å²) in [6.45, 7) is 2.01. The number of benzene rings is 2. The van der Waals surface area contributed by atoms with Crippen LogP contribution in [-0.4, -0.2) is 18.8 Å². The minimum Gasteiger partial charge on any atom is -0.493 e. The second-order valence-electron chi connectivity index (χ2n) is 7.73. The first-order valence-corrected chi connectivity index (χ1v) is 11.0. The minimum absolute atomic E-state index is 0.0490. The minimum atomic E-state index is -0.756. The number of nitriles is 1. The Morgan fingerprint density at radius 2 is 1.85 bits per heavy atom. The highest BCUT2D eigenvalue weighted by Crippen LogP contribution is 2.42. The molecule has 1 unspecified atom stereocenters. The number of halogens is 2. The van der Waals surface area contributed by atoms with Crippen molar-refractivity contribution in [1.29, 1.82) is 5.26 Å². The molecular weight excluding hydrogens is 477 g/mol. The molecule has 1 atom stereocenters. The monoisotopic (exact) mass is 497 g/mol. The number of aryl methyl sites for hydroxylation is 1. The van der Waals surface area contributed by atoms with Gasteiger partial charge < -0.3 is 24.5 Å². The summed E-state index contributed by atoms with van der Waals surface area (Å²) in [7, 11) is 3.05. The Balaban J connectivity index is 1.93. The van der Waals surface area contributed by atoms with Gasteiger partial charge in [-0.15, -0.1) is 0 Å². The number of hydrogen-bond acceptors (Lipinski definition) is 6.